The number of hydrogen-bond donors (Lipinski definition) is 3. The Morgan fingerprint density at radius 3 is 2.55 bits per heavy atom. The molecule has 0 radical (unpaired) electrons. The van der Waals surface area contributed by atoms with Crippen LogP contribution in [0.2, 0.25) is 0 Å². The van der Waals surface area contributed by atoms with E-state index >= 15 is 0 Å². The van der Waals surface area contributed by atoms with Crippen molar-refractivity contribution in [2.45, 2.75) is 96.0 Å². The first-order valence-corrected chi connectivity index (χ1v) is 13.7. The maximum atomic E-state index is 11.6. The number of alkyl halides is 1. The van der Waals surface area contributed by atoms with Gasteiger partial charge in [0.2, 0.25) is 0 Å². The number of benzene rings is 1. The molecule has 174 valence electrons. The normalized spacial score (nSPS) is 36.6. The number of aliphatic hydroxyl groups excluding tert-OH is 2. The summed E-state index contributed by atoms with van der Waals surface area (Å²) in [4.78, 5) is 0. The first-order chi connectivity index (χ1) is 14.9. The number of aryl methyl sites for hydroxylation is 1. The SMILES string of the molecule is C[C@]12CC[C@@H]3c4ccc(O)cc4CC[C@H]3[C@@H]1C[C@@](CO)(CCCCCCCCBr)[C@@H]2O. The maximum absolute atomic E-state index is 11.6. The average Bonchev–Trinajstić information content (AvgIpc) is 3.00. The molecule has 3 N–H and O–H groups in total. The summed E-state index contributed by atoms with van der Waals surface area (Å²) in [5.74, 6) is 1.98. The van der Waals surface area contributed by atoms with Crippen molar-refractivity contribution in [2.75, 3.05) is 11.9 Å². The van der Waals surface area contributed by atoms with Crippen molar-refractivity contribution in [3.05, 3.63) is 29.3 Å². The van der Waals surface area contributed by atoms with Crippen molar-refractivity contribution in [3.8, 4) is 5.75 Å². The van der Waals surface area contributed by atoms with Crippen molar-refractivity contribution in [3.63, 3.8) is 0 Å². The van der Waals surface area contributed by atoms with Gasteiger partial charge in [0, 0.05) is 10.7 Å². The van der Waals surface area contributed by atoms with Crippen LogP contribution in [0.25, 0.3) is 0 Å². The van der Waals surface area contributed by atoms with Crippen LogP contribution in [0.15, 0.2) is 18.2 Å². The van der Waals surface area contributed by atoms with Crippen LogP contribution in [0, 0.1) is 22.7 Å². The minimum atomic E-state index is -0.398. The van der Waals surface area contributed by atoms with Gasteiger partial charge in [0.25, 0.3) is 0 Å². The number of phenols is 1. The standard InChI is InChI=1S/C27H41BrO3/c1-26-14-12-22-21-11-9-20(30)16-19(21)8-10-23(22)24(26)17-27(18-29,25(26)31)13-6-4-2-3-5-7-15-28/h9,11,16,22-25,29-31H,2-8,10,12-15,17-18H2,1H3/t22-,23-,24+,25-,26+,27-/m1/s1. The third-order valence-corrected chi connectivity index (χ3v) is 9.91. The molecule has 4 heteroatoms. The largest absolute Gasteiger partial charge is 0.508 e. The van der Waals surface area contributed by atoms with E-state index in [1.165, 1.54) is 43.2 Å². The second-order valence-electron chi connectivity index (χ2n) is 11.0. The summed E-state index contributed by atoms with van der Waals surface area (Å²) in [6, 6.07) is 5.94. The topological polar surface area (TPSA) is 60.7 Å². The molecule has 0 heterocycles. The molecule has 1 aromatic rings. The van der Waals surface area contributed by atoms with Gasteiger partial charge in [0.1, 0.15) is 5.75 Å². The molecule has 2 saturated carbocycles. The number of halogens is 1. The number of phenolic OH excluding ortho intramolecular Hbond substituents is 1. The van der Waals surface area contributed by atoms with Crippen molar-refractivity contribution in [1.82, 2.24) is 0 Å². The van der Waals surface area contributed by atoms with Crippen LogP contribution in [0.1, 0.15) is 94.6 Å². The van der Waals surface area contributed by atoms with Crippen molar-refractivity contribution < 1.29 is 15.3 Å². The summed E-state index contributed by atoms with van der Waals surface area (Å²) in [7, 11) is 0. The predicted octanol–water partition coefficient (Wildman–Crippen LogP) is 6.32. The molecule has 2 fully saturated rings. The highest BCUT2D eigenvalue weighted by molar-refractivity contribution is 9.09. The van der Waals surface area contributed by atoms with Crippen LogP contribution in [-0.2, 0) is 6.42 Å². The monoisotopic (exact) mass is 492 g/mol. The molecule has 3 aliphatic rings. The summed E-state index contributed by atoms with van der Waals surface area (Å²) in [5.41, 5.74) is 2.35. The van der Waals surface area contributed by atoms with Crippen molar-refractivity contribution >= 4 is 15.9 Å². The lowest BCUT2D eigenvalue weighted by Gasteiger charge is -2.50. The third kappa shape index (κ3) is 4.34. The highest BCUT2D eigenvalue weighted by Crippen LogP contribution is 2.66. The number of fused-ring (bicyclic) bond motifs is 5. The molecular formula is C27H41BrO3. The molecule has 0 saturated heterocycles. The fraction of sp³-hybridized carbons (Fsp3) is 0.778. The minimum absolute atomic E-state index is 0.0752. The molecular weight excluding hydrogens is 452 g/mol. The minimum Gasteiger partial charge on any atom is -0.508 e. The van der Waals surface area contributed by atoms with Crippen LogP contribution in [0.3, 0.4) is 0 Å². The molecule has 4 rings (SSSR count). The number of unbranched alkanes of at least 4 members (excludes halogenated alkanes) is 5. The fourth-order valence-corrected chi connectivity index (χ4v) is 8.03. The van der Waals surface area contributed by atoms with Gasteiger partial charge in [-0.3, -0.25) is 0 Å². The van der Waals surface area contributed by atoms with Crippen LogP contribution < -0.4 is 0 Å². The van der Waals surface area contributed by atoms with Crippen LogP contribution in [0.4, 0.5) is 0 Å². The molecule has 0 bridgehead atoms. The Kier molecular flexibility index (Phi) is 7.40. The maximum Gasteiger partial charge on any atom is 0.115 e. The van der Waals surface area contributed by atoms with E-state index in [1.807, 2.05) is 12.1 Å². The quantitative estimate of drug-likeness (QED) is 0.279. The van der Waals surface area contributed by atoms with Crippen LogP contribution in [0.5, 0.6) is 5.75 Å². The summed E-state index contributed by atoms with van der Waals surface area (Å²) in [6.07, 6.45) is 13.3. The lowest BCUT2D eigenvalue weighted by molar-refractivity contribution is -0.0715. The Morgan fingerprint density at radius 1 is 1.06 bits per heavy atom. The molecule has 31 heavy (non-hydrogen) atoms. The zero-order chi connectivity index (χ0) is 22.1. The lowest BCUT2D eigenvalue weighted by atomic mass is 9.55. The summed E-state index contributed by atoms with van der Waals surface area (Å²) in [6.45, 7) is 2.42. The zero-order valence-electron chi connectivity index (χ0n) is 19.2. The Morgan fingerprint density at radius 2 is 1.81 bits per heavy atom. The summed E-state index contributed by atoms with van der Waals surface area (Å²) in [5, 5.41) is 33.1. The first kappa shape index (κ1) is 23.6. The van der Waals surface area contributed by atoms with E-state index in [1.54, 1.807) is 0 Å². The molecule has 1 aromatic carbocycles. The third-order valence-electron chi connectivity index (χ3n) is 9.35. The van der Waals surface area contributed by atoms with Crippen LogP contribution in [-0.4, -0.2) is 33.4 Å². The molecule has 0 aromatic heterocycles. The molecule has 0 unspecified atom stereocenters. The van der Waals surface area contributed by atoms with E-state index in [0.29, 0.717) is 23.5 Å². The van der Waals surface area contributed by atoms with Crippen molar-refractivity contribution in [2.24, 2.45) is 22.7 Å². The van der Waals surface area contributed by atoms with Crippen LogP contribution >= 0.6 is 15.9 Å². The summed E-state index contributed by atoms with van der Waals surface area (Å²) < 4.78 is 0. The second-order valence-corrected chi connectivity index (χ2v) is 11.8. The van der Waals surface area contributed by atoms with Gasteiger partial charge in [0.05, 0.1) is 12.7 Å². The highest BCUT2D eigenvalue weighted by Gasteiger charge is 2.63. The van der Waals surface area contributed by atoms with E-state index in [2.05, 4.69) is 28.9 Å². The molecule has 6 atom stereocenters. The van der Waals surface area contributed by atoms with Gasteiger partial charge in [-0.25, -0.2) is 0 Å². The average molecular weight is 494 g/mol. The van der Waals surface area contributed by atoms with Gasteiger partial charge in [0.15, 0.2) is 0 Å². The molecule has 3 nitrogen and oxygen atoms in total. The second kappa shape index (κ2) is 9.73. The molecule has 0 amide bonds. The van der Waals surface area contributed by atoms with Gasteiger partial charge < -0.3 is 15.3 Å². The lowest BCUT2D eigenvalue weighted by Crippen LogP contribution is -2.46. The van der Waals surface area contributed by atoms with Gasteiger partial charge in [-0.15, -0.1) is 0 Å². The summed E-state index contributed by atoms with van der Waals surface area (Å²) >= 11 is 3.50. The Bertz CT molecular complexity index is 752. The molecule has 3 aliphatic carbocycles. The number of aliphatic hydroxyl groups is 2. The predicted molar refractivity (Wildman–Crippen MR) is 130 cm³/mol. The smallest absolute Gasteiger partial charge is 0.115 e. The van der Waals surface area contributed by atoms with Gasteiger partial charge in [-0.05, 0) is 91.4 Å². The van der Waals surface area contributed by atoms with Gasteiger partial charge in [-0.2, -0.15) is 0 Å². The van der Waals surface area contributed by atoms with E-state index in [0.717, 1.165) is 50.3 Å². The number of aromatic hydroxyl groups is 1. The number of rotatable bonds is 9. The molecule has 0 aliphatic heterocycles. The Hall–Kier alpha value is -0.580. The Labute approximate surface area is 196 Å². The molecule has 0 spiro atoms. The van der Waals surface area contributed by atoms with E-state index in [9.17, 15) is 15.3 Å². The van der Waals surface area contributed by atoms with E-state index in [-0.39, 0.29) is 17.4 Å². The zero-order valence-corrected chi connectivity index (χ0v) is 20.7. The van der Waals surface area contributed by atoms with E-state index in [4.69, 9.17) is 0 Å². The number of hydrogen-bond acceptors (Lipinski definition) is 3. The first-order valence-electron chi connectivity index (χ1n) is 12.6. The van der Waals surface area contributed by atoms with Gasteiger partial charge >= 0.3 is 0 Å². The van der Waals surface area contributed by atoms with Gasteiger partial charge in [-0.1, -0.05) is 61.0 Å². The Balaban J connectivity index is 1.45. The highest BCUT2D eigenvalue weighted by atomic mass is 79.9. The van der Waals surface area contributed by atoms with Crippen molar-refractivity contribution in [1.29, 1.82) is 0 Å². The van der Waals surface area contributed by atoms with E-state index < -0.39 is 6.10 Å². The fourth-order valence-electron chi connectivity index (χ4n) is 7.64.